The summed E-state index contributed by atoms with van der Waals surface area (Å²) < 4.78 is 5.49. The van der Waals surface area contributed by atoms with Gasteiger partial charge in [0, 0.05) is 12.3 Å². The SMILES string of the molecule is CCCCCCCCCCCCCCCCCC(=O)OCC(C)[C@H](CCCCCCCCCCCCCCCC)C(=O)OO. The van der Waals surface area contributed by atoms with Crippen molar-refractivity contribution in [2.75, 3.05) is 6.61 Å². The molecule has 262 valence electrons. The average Bonchev–Trinajstić information content (AvgIpc) is 3.03. The van der Waals surface area contributed by atoms with E-state index in [0.717, 1.165) is 25.7 Å². The number of unbranched alkanes of at least 4 members (excludes halogenated alkanes) is 27. The van der Waals surface area contributed by atoms with E-state index in [1.54, 1.807) is 0 Å². The molecule has 0 aliphatic rings. The third-order valence-corrected chi connectivity index (χ3v) is 9.44. The fraction of sp³-hybridized carbons (Fsp3) is 0.949. The largest absolute Gasteiger partial charge is 0.465 e. The van der Waals surface area contributed by atoms with Gasteiger partial charge in [-0.1, -0.05) is 201 Å². The highest BCUT2D eigenvalue weighted by atomic mass is 17.1. The van der Waals surface area contributed by atoms with Crippen molar-refractivity contribution in [2.45, 2.75) is 220 Å². The molecule has 0 amide bonds. The van der Waals surface area contributed by atoms with Crippen molar-refractivity contribution in [3.05, 3.63) is 0 Å². The molecule has 0 aliphatic heterocycles. The molecule has 1 N–H and O–H groups in total. The average molecular weight is 625 g/mol. The number of carbonyl (C=O) groups excluding carboxylic acids is 2. The van der Waals surface area contributed by atoms with Crippen molar-refractivity contribution in [1.82, 2.24) is 0 Å². The summed E-state index contributed by atoms with van der Waals surface area (Å²) in [5, 5.41) is 8.99. The topological polar surface area (TPSA) is 72.8 Å². The number of carbonyl (C=O) groups is 2. The van der Waals surface area contributed by atoms with Gasteiger partial charge in [0.2, 0.25) is 0 Å². The van der Waals surface area contributed by atoms with Gasteiger partial charge in [0.15, 0.2) is 0 Å². The normalized spacial score (nSPS) is 12.7. The lowest BCUT2D eigenvalue weighted by molar-refractivity contribution is -0.241. The first kappa shape index (κ1) is 42.9. The van der Waals surface area contributed by atoms with Crippen LogP contribution in [0.25, 0.3) is 0 Å². The highest BCUT2D eigenvalue weighted by molar-refractivity contribution is 5.72. The molecule has 0 heterocycles. The molecule has 0 radical (unpaired) electrons. The molecule has 1 unspecified atom stereocenters. The molecule has 0 aromatic heterocycles. The third kappa shape index (κ3) is 29.6. The molecule has 0 spiro atoms. The molecule has 0 aromatic rings. The zero-order chi connectivity index (χ0) is 32.4. The highest BCUT2D eigenvalue weighted by Gasteiger charge is 2.27. The van der Waals surface area contributed by atoms with Gasteiger partial charge in [0.05, 0.1) is 12.5 Å². The lowest BCUT2D eigenvalue weighted by Crippen LogP contribution is -2.27. The van der Waals surface area contributed by atoms with E-state index in [2.05, 4.69) is 18.7 Å². The number of hydrogen-bond acceptors (Lipinski definition) is 5. The standard InChI is InChI=1S/C39H76O5/c1-4-6-8-10-12-14-16-18-20-22-24-26-28-30-32-34-38(40)43-35-36(3)37(39(41)44-42)33-31-29-27-25-23-21-19-17-15-13-11-9-7-5-2/h36-37,42H,4-35H2,1-3H3/t36?,37-/m0/s1. The maximum absolute atomic E-state index is 12.3. The second-order valence-electron chi connectivity index (χ2n) is 13.8. The molecule has 2 atom stereocenters. The van der Waals surface area contributed by atoms with E-state index in [4.69, 9.17) is 9.99 Å². The molecule has 5 nitrogen and oxygen atoms in total. The molecule has 0 bridgehead atoms. The first-order valence-corrected chi connectivity index (χ1v) is 19.6. The quantitative estimate of drug-likeness (QED) is 0.0329. The van der Waals surface area contributed by atoms with E-state index < -0.39 is 11.9 Å². The molecule has 0 aliphatic carbocycles. The minimum Gasteiger partial charge on any atom is -0.465 e. The predicted octanol–water partition coefficient (Wildman–Crippen LogP) is 12.9. The van der Waals surface area contributed by atoms with Gasteiger partial charge in [-0.3, -0.25) is 4.79 Å². The van der Waals surface area contributed by atoms with Crippen LogP contribution in [0.2, 0.25) is 0 Å². The summed E-state index contributed by atoms with van der Waals surface area (Å²) in [7, 11) is 0. The summed E-state index contributed by atoms with van der Waals surface area (Å²) in [5.41, 5.74) is 0. The molecule has 5 heteroatoms. The lowest BCUT2D eigenvalue weighted by Gasteiger charge is -2.20. The van der Waals surface area contributed by atoms with Gasteiger partial charge in [0.1, 0.15) is 0 Å². The first-order valence-electron chi connectivity index (χ1n) is 19.6. The number of hydrogen-bond donors (Lipinski definition) is 1. The van der Waals surface area contributed by atoms with Gasteiger partial charge in [-0.05, 0) is 12.8 Å². The molecule has 0 fully saturated rings. The van der Waals surface area contributed by atoms with Crippen molar-refractivity contribution in [1.29, 1.82) is 0 Å². The Kier molecular flexibility index (Phi) is 33.9. The van der Waals surface area contributed by atoms with Gasteiger partial charge in [-0.2, -0.15) is 5.26 Å². The Morgan fingerprint density at radius 2 is 0.818 bits per heavy atom. The second kappa shape index (κ2) is 34.8. The van der Waals surface area contributed by atoms with Crippen LogP contribution in [0.3, 0.4) is 0 Å². The van der Waals surface area contributed by atoms with E-state index >= 15 is 0 Å². The van der Waals surface area contributed by atoms with Crippen molar-refractivity contribution in [3.8, 4) is 0 Å². The fourth-order valence-corrected chi connectivity index (χ4v) is 6.31. The van der Waals surface area contributed by atoms with Gasteiger partial charge in [0.25, 0.3) is 0 Å². The summed E-state index contributed by atoms with van der Waals surface area (Å²) in [6.07, 6.45) is 38.7. The Hall–Kier alpha value is -1.10. The van der Waals surface area contributed by atoms with Crippen LogP contribution in [-0.2, 0) is 19.2 Å². The van der Waals surface area contributed by atoms with E-state index in [0.29, 0.717) is 12.8 Å². The summed E-state index contributed by atoms with van der Waals surface area (Å²) in [6, 6.07) is 0. The van der Waals surface area contributed by atoms with Crippen molar-refractivity contribution in [2.24, 2.45) is 11.8 Å². The van der Waals surface area contributed by atoms with Crippen LogP contribution >= 0.6 is 0 Å². The molecular formula is C39H76O5. The van der Waals surface area contributed by atoms with Crippen LogP contribution in [0, 0.1) is 11.8 Å². The third-order valence-electron chi connectivity index (χ3n) is 9.44. The van der Waals surface area contributed by atoms with Gasteiger partial charge >= 0.3 is 11.9 Å². The Balaban J connectivity index is 3.73. The van der Waals surface area contributed by atoms with E-state index in [1.165, 1.54) is 161 Å². The highest BCUT2D eigenvalue weighted by Crippen LogP contribution is 2.23. The second-order valence-corrected chi connectivity index (χ2v) is 13.8. The summed E-state index contributed by atoms with van der Waals surface area (Å²) >= 11 is 0. The van der Waals surface area contributed by atoms with Gasteiger partial charge in [-0.25, -0.2) is 4.79 Å². The summed E-state index contributed by atoms with van der Waals surface area (Å²) in [5.74, 6) is -1.39. The van der Waals surface area contributed by atoms with Crippen LogP contribution in [0.15, 0.2) is 0 Å². The summed E-state index contributed by atoms with van der Waals surface area (Å²) in [6.45, 7) is 6.65. The lowest BCUT2D eigenvalue weighted by atomic mass is 9.89. The molecule has 0 rings (SSSR count). The van der Waals surface area contributed by atoms with Crippen molar-refractivity contribution < 1.29 is 24.5 Å². The Bertz CT molecular complexity index is 607. The maximum atomic E-state index is 12.3. The predicted molar refractivity (Wildman–Crippen MR) is 187 cm³/mol. The summed E-state index contributed by atoms with van der Waals surface area (Å²) in [4.78, 5) is 28.5. The molecule has 0 saturated heterocycles. The van der Waals surface area contributed by atoms with Crippen molar-refractivity contribution >= 4 is 11.9 Å². The Labute approximate surface area is 274 Å². The van der Waals surface area contributed by atoms with Crippen LogP contribution < -0.4 is 0 Å². The van der Waals surface area contributed by atoms with E-state index in [-0.39, 0.29) is 18.5 Å². The number of esters is 1. The fourth-order valence-electron chi connectivity index (χ4n) is 6.31. The molecule has 44 heavy (non-hydrogen) atoms. The Morgan fingerprint density at radius 3 is 1.16 bits per heavy atom. The van der Waals surface area contributed by atoms with Crippen LogP contribution in [0.5, 0.6) is 0 Å². The van der Waals surface area contributed by atoms with Crippen LogP contribution in [0.4, 0.5) is 0 Å². The first-order chi connectivity index (χ1) is 21.6. The Morgan fingerprint density at radius 1 is 0.500 bits per heavy atom. The molecule has 0 saturated carbocycles. The van der Waals surface area contributed by atoms with Crippen LogP contribution in [0.1, 0.15) is 220 Å². The minimum absolute atomic E-state index is 0.165. The van der Waals surface area contributed by atoms with E-state index in [1.807, 2.05) is 6.92 Å². The van der Waals surface area contributed by atoms with Gasteiger partial charge in [-0.15, -0.1) is 0 Å². The van der Waals surface area contributed by atoms with E-state index in [9.17, 15) is 9.59 Å². The number of rotatable bonds is 35. The molecule has 0 aromatic carbocycles. The van der Waals surface area contributed by atoms with Crippen LogP contribution in [-0.4, -0.2) is 23.8 Å². The van der Waals surface area contributed by atoms with Gasteiger partial charge < -0.3 is 9.62 Å². The maximum Gasteiger partial charge on any atom is 0.345 e. The smallest absolute Gasteiger partial charge is 0.345 e. The zero-order valence-corrected chi connectivity index (χ0v) is 29.9. The minimum atomic E-state index is -0.606. The zero-order valence-electron chi connectivity index (χ0n) is 29.9. The number of ether oxygens (including phenoxy) is 1. The molecular weight excluding hydrogens is 548 g/mol. The van der Waals surface area contributed by atoms with Crippen molar-refractivity contribution in [3.63, 3.8) is 0 Å². The monoisotopic (exact) mass is 625 g/mol.